The summed E-state index contributed by atoms with van der Waals surface area (Å²) in [7, 11) is 0. The van der Waals surface area contributed by atoms with Gasteiger partial charge < -0.3 is 15.7 Å². The van der Waals surface area contributed by atoms with Gasteiger partial charge in [0.05, 0.1) is 0 Å². The van der Waals surface area contributed by atoms with Gasteiger partial charge in [0.1, 0.15) is 6.04 Å². The van der Waals surface area contributed by atoms with Gasteiger partial charge in [0.2, 0.25) is 0 Å². The van der Waals surface area contributed by atoms with Crippen molar-refractivity contribution in [3.63, 3.8) is 0 Å². The van der Waals surface area contributed by atoms with Crippen molar-refractivity contribution in [2.24, 2.45) is 11.8 Å². The van der Waals surface area contributed by atoms with Crippen LogP contribution in [0.2, 0.25) is 0 Å². The summed E-state index contributed by atoms with van der Waals surface area (Å²) < 4.78 is 0. The molecule has 0 spiro atoms. The van der Waals surface area contributed by atoms with Crippen LogP contribution in [0.4, 0.5) is 4.79 Å². The van der Waals surface area contributed by atoms with Crippen LogP contribution in [0.15, 0.2) is 0 Å². The first-order chi connectivity index (χ1) is 8.10. The Hall–Kier alpha value is -1.26. The van der Waals surface area contributed by atoms with Gasteiger partial charge in [-0.3, -0.25) is 0 Å². The molecule has 0 saturated heterocycles. The van der Waals surface area contributed by atoms with Crippen LogP contribution in [0, 0.1) is 11.8 Å². The highest BCUT2D eigenvalue weighted by Crippen LogP contribution is 2.44. The molecule has 2 saturated carbocycles. The van der Waals surface area contributed by atoms with Crippen LogP contribution in [0.5, 0.6) is 0 Å². The van der Waals surface area contributed by atoms with Crippen molar-refractivity contribution in [3.05, 3.63) is 0 Å². The number of fused-ring (bicyclic) bond motifs is 2. The largest absolute Gasteiger partial charge is 0.480 e. The van der Waals surface area contributed by atoms with Crippen LogP contribution >= 0.6 is 0 Å². The molecule has 0 aromatic rings. The summed E-state index contributed by atoms with van der Waals surface area (Å²) in [5.74, 6) is 0.401. The van der Waals surface area contributed by atoms with E-state index in [2.05, 4.69) is 10.6 Å². The number of amides is 2. The van der Waals surface area contributed by atoms with Gasteiger partial charge in [-0.1, -0.05) is 13.3 Å². The van der Waals surface area contributed by atoms with Crippen molar-refractivity contribution in [2.75, 3.05) is 0 Å². The Kier molecular flexibility index (Phi) is 3.54. The molecule has 4 atom stereocenters. The number of aliphatic carboxylic acids is 1. The van der Waals surface area contributed by atoms with Gasteiger partial charge >= 0.3 is 12.0 Å². The second kappa shape index (κ2) is 4.94. The number of urea groups is 1. The summed E-state index contributed by atoms with van der Waals surface area (Å²) in [5, 5.41) is 14.3. The van der Waals surface area contributed by atoms with E-state index in [0.29, 0.717) is 12.3 Å². The Morgan fingerprint density at radius 1 is 1.35 bits per heavy atom. The van der Waals surface area contributed by atoms with E-state index in [1.54, 1.807) is 6.92 Å². The molecule has 96 valence electrons. The quantitative estimate of drug-likeness (QED) is 0.693. The maximum absolute atomic E-state index is 11.7. The number of carboxylic acid groups (broad SMARTS) is 1. The zero-order valence-corrected chi connectivity index (χ0v) is 10.1. The third-order valence-corrected chi connectivity index (χ3v) is 4.07. The Bertz CT molecular complexity index is 319. The van der Waals surface area contributed by atoms with Crippen LogP contribution in [-0.4, -0.2) is 29.2 Å². The lowest BCUT2D eigenvalue weighted by Gasteiger charge is -2.24. The summed E-state index contributed by atoms with van der Waals surface area (Å²) in [6.45, 7) is 1.75. The van der Waals surface area contributed by atoms with Crippen molar-refractivity contribution in [3.8, 4) is 0 Å². The normalized spacial score (nSPS) is 32.2. The van der Waals surface area contributed by atoms with Gasteiger partial charge in [0.25, 0.3) is 0 Å². The summed E-state index contributed by atoms with van der Waals surface area (Å²) in [6, 6.07) is -0.870. The minimum absolute atomic E-state index is 0.250. The lowest BCUT2D eigenvalue weighted by atomic mass is 9.95. The van der Waals surface area contributed by atoms with Crippen LogP contribution in [0.1, 0.15) is 39.0 Å². The van der Waals surface area contributed by atoms with E-state index < -0.39 is 12.0 Å². The molecule has 2 aliphatic rings. The van der Waals surface area contributed by atoms with Crippen molar-refractivity contribution >= 4 is 12.0 Å². The lowest BCUT2D eigenvalue weighted by Crippen LogP contribution is -2.49. The first-order valence-electron chi connectivity index (χ1n) is 6.40. The van der Waals surface area contributed by atoms with Gasteiger partial charge in [-0.05, 0) is 37.5 Å². The van der Waals surface area contributed by atoms with Crippen LogP contribution in [0.25, 0.3) is 0 Å². The van der Waals surface area contributed by atoms with Gasteiger partial charge in [0.15, 0.2) is 0 Å². The number of hydrogen-bond donors (Lipinski definition) is 3. The number of rotatable bonds is 4. The number of hydrogen-bond acceptors (Lipinski definition) is 2. The Labute approximate surface area is 101 Å². The van der Waals surface area contributed by atoms with E-state index in [-0.39, 0.29) is 12.1 Å². The average Bonchev–Trinajstić information content (AvgIpc) is 2.87. The molecule has 0 aromatic heterocycles. The predicted octanol–water partition coefficient (Wildman–Crippen LogP) is 1.34. The van der Waals surface area contributed by atoms with E-state index >= 15 is 0 Å². The second-order valence-electron chi connectivity index (χ2n) is 5.20. The van der Waals surface area contributed by atoms with E-state index in [4.69, 9.17) is 5.11 Å². The zero-order chi connectivity index (χ0) is 12.4. The van der Waals surface area contributed by atoms with Gasteiger partial charge in [-0.15, -0.1) is 0 Å². The van der Waals surface area contributed by atoms with Crippen LogP contribution < -0.4 is 10.6 Å². The van der Waals surface area contributed by atoms with E-state index in [0.717, 1.165) is 12.3 Å². The SMILES string of the molecule is CCC(NC(=O)NC1CC2CCC1C2)C(=O)O. The van der Waals surface area contributed by atoms with Gasteiger partial charge in [-0.25, -0.2) is 9.59 Å². The molecule has 0 heterocycles. The topological polar surface area (TPSA) is 78.4 Å². The Morgan fingerprint density at radius 2 is 2.12 bits per heavy atom. The molecular weight excluding hydrogens is 220 g/mol. The minimum Gasteiger partial charge on any atom is -0.480 e. The number of carbonyl (C=O) groups is 2. The molecule has 2 rings (SSSR count). The van der Waals surface area contributed by atoms with Gasteiger partial charge in [-0.2, -0.15) is 0 Å². The first-order valence-corrected chi connectivity index (χ1v) is 6.40. The van der Waals surface area contributed by atoms with Crippen molar-refractivity contribution < 1.29 is 14.7 Å². The third kappa shape index (κ3) is 2.70. The fourth-order valence-corrected chi connectivity index (χ4v) is 3.13. The molecule has 0 radical (unpaired) electrons. The number of nitrogens with one attached hydrogen (secondary N) is 2. The Balaban J connectivity index is 1.79. The fourth-order valence-electron chi connectivity index (χ4n) is 3.13. The monoisotopic (exact) mass is 240 g/mol. The third-order valence-electron chi connectivity index (χ3n) is 4.07. The maximum atomic E-state index is 11.7. The van der Waals surface area contributed by atoms with E-state index in [1.165, 1.54) is 19.3 Å². The molecule has 0 aliphatic heterocycles. The van der Waals surface area contributed by atoms with Crippen LogP contribution in [0.3, 0.4) is 0 Å². The fraction of sp³-hybridized carbons (Fsp3) is 0.833. The number of carboxylic acids is 1. The molecule has 5 heteroatoms. The highest BCUT2D eigenvalue weighted by atomic mass is 16.4. The van der Waals surface area contributed by atoms with Crippen molar-refractivity contribution in [1.29, 1.82) is 0 Å². The second-order valence-corrected chi connectivity index (χ2v) is 5.20. The predicted molar refractivity (Wildman–Crippen MR) is 62.6 cm³/mol. The van der Waals surface area contributed by atoms with E-state index in [1.807, 2.05) is 0 Å². The van der Waals surface area contributed by atoms with E-state index in [9.17, 15) is 9.59 Å². The smallest absolute Gasteiger partial charge is 0.326 e. The zero-order valence-electron chi connectivity index (χ0n) is 10.1. The molecular formula is C12H20N2O3. The molecule has 2 fully saturated rings. The minimum atomic E-state index is -0.976. The Morgan fingerprint density at radius 3 is 2.59 bits per heavy atom. The first kappa shape index (κ1) is 12.2. The molecule has 4 unspecified atom stereocenters. The number of carbonyl (C=O) groups excluding carboxylic acids is 1. The highest BCUT2D eigenvalue weighted by Gasteiger charge is 2.40. The maximum Gasteiger partial charge on any atom is 0.326 e. The van der Waals surface area contributed by atoms with Crippen molar-refractivity contribution in [1.82, 2.24) is 10.6 Å². The van der Waals surface area contributed by atoms with Gasteiger partial charge in [0, 0.05) is 6.04 Å². The molecule has 2 amide bonds. The molecule has 5 nitrogen and oxygen atoms in total. The summed E-state index contributed by atoms with van der Waals surface area (Å²) in [5.41, 5.74) is 0. The molecule has 2 aliphatic carbocycles. The standard InChI is InChI=1S/C12H20N2O3/c1-2-9(11(15)16)13-12(17)14-10-6-7-3-4-8(10)5-7/h7-10H,2-6H2,1H3,(H,15,16)(H2,13,14,17). The molecule has 2 bridgehead atoms. The van der Waals surface area contributed by atoms with Crippen molar-refractivity contribution in [2.45, 2.75) is 51.1 Å². The average molecular weight is 240 g/mol. The highest BCUT2D eigenvalue weighted by molar-refractivity contribution is 5.82. The molecule has 0 aromatic carbocycles. The summed E-state index contributed by atoms with van der Waals surface area (Å²) >= 11 is 0. The molecule has 17 heavy (non-hydrogen) atoms. The van der Waals surface area contributed by atoms with Crippen LogP contribution in [-0.2, 0) is 4.79 Å². The molecule has 3 N–H and O–H groups in total. The lowest BCUT2D eigenvalue weighted by molar-refractivity contribution is -0.139. The summed E-state index contributed by atoms with van der Waals surface area (Å²) in [4.78, 5) is 22.5. The summed E-state index contributed by atoms with van der Waals surface area (Å²) in [6.07, 6.45) is 5.17.